The third-order valence-corrected chi connectivity index (χ3v) is 3.22. The second kappa shape index (κ2) is 6.82. The molecule has 0 spiro atoms. The number of Topliss-reactive ketones (excluding diaryl/α,β-unsaturated/α-hetero) is 1. The molecule has 96 valence electrons. The van der Waals surface area contributed by atoms with E-state index in [1.807, 2.05) is 19.9 Å². The fourth-order valence-electron chi connectivity index (χ4n) is 2.02. The van der Waals surface area contributed by atoms with E-state index in [0.29, 0.717) is 0 Å². The second-order valence-corrected chi connectivity index (χ2v) is 4.46. The van der Waals surface area contributed by atoms with Crippen molar-refractivity contribution >= 4 is 17.4 Å². The number of carbonyl (C=O) groups is 1. The molecule has 4 heteroatoms. The van der Waals surface area contributed by atoms with Gasteiger partial charge in [0.1, 0.15) is 0 Å². The highest BCUT2D eigenvalue weighted by Gasteiger charge is 2.14. The number of alkyl halides is 1. The van der Waals surface area contributed by atoms with Crippen LogP contribution in [0.5, 0.6) is 0 Å². The van der Waals surface area contributed by atoms with Crippen molar-refractivity contribution in [3.63, 3.8) is 0 Å². The summed E-state index contributed by atoms with van der Waals surface area (Å²) in [6.07, 6.45) is 2.09. The fraction of sp³-hybridized carbons (Fsp3) is 0.615. The highest BCUT2D eigenvalue weighted by atomic mass is 35.5. The minimum atomic E-state index is 0.00269. The maximum absolute atomic E-state index is 11.6. The van der Waals surface area contributed by atoms with Crippen molar-refractivity contribution in [2.75, 3.05) is 19.6 Å². The van der Waals surface area contributed by atoms with Crippen molar-refractivity contribution in [2.24, 2.45) is 0 Å². The van der Waals surface area contributed by atoms with Gasteiger partial charge in [0.05, 0.1) is 5.88 Å². The maximum atomic E-state index is 11.6. The molecule has 0 radical (unpaired) electrons. The average Bonchev–Trinajstić information content (AvgIpc) is 2.60. The van der Waals surface area contributed by atoms with Crippen molar-refractivity contribution in [1.82, 2.24) is 4.57 Å². The lowest BCUT2D eigenvalue weighted by Crippen LogP contribution is -2.06. The van der Waals surface area contributed by atoms with Crippen molar-refractivity contribution in [3.05, 3.63) is 23.0 Å². The number of nitrogens with zero attached hydrogens (tertiary/aromatic N) is 1. The van der Waals surface area contributed by atoms with Crippen LogP contribution in [0.2, 0.25) is 0 Å². The van der Waals surface area contributed by atoms with E-state index in [4.69, 9.17) is 16.3 Å². The van der Waals surface area contributed by atoms with Crippen LogP contribution in [0.4, 0.5) is 0 Å². The van der Waals surface area contributed by atoms with Gasteiger partial charge < -0.3 is 9.30 Å². The van der Waals surface area contributed by atoms with Crippen LogP contribution in [0, 0.1) is 13.8 Å². The lowest BCUT2D eigenvalue weighted by Gasteiger charge is -2.09. The van der Waals surface area contributed by atoms with E-state index in [-0.39, 0.29) is 11.7 Å². The lowest BCUT2D eigenvalue weighted by molar-refractivity contribution is 0.102. The molecule has 1 aromatic heterocycles. The van der Waals surface area contributed by atoms with Crippen LogP contribution in [0.3, 0.4) is 0 Å². The van der Waals surface area contributed by atoms with E-state index >= 15 is 0 Å². The molecule has 0 aliphatic carbocycles. The predicted molar refractivity (Wildman–Crippen MR) is 70.1 cm³/mol. The zero-order chi connectivity index (χ0) is 12.8. The van der Waals surface area contributed by atoms with E-state index < -0.39 is 0 Å². The van der Waals surface area contributed by atoms with Crippen molar-refractivity contribution in [3.8, 4) is 0 Å². The summed E-state index contributed by atoms with van der Waals surface area (Å²) in [5, 5.41) is 0. The van der Waals surface area contributed by atoms with E-state index in [0.717, 1.165) is 42.9 Å². The van der Waals surface area contributed by atoms with Crippen LogP contribution in [0.1, 0.15) is 34.6 Å². The standard InChI is InChI=1S/C13H20ClNO2/c1-10-8-12(13(16)9-14)11(2)15(10)6-4-5-7-17-3/h8H,4-7,9H2,1-3H3. The first-order chi connectivity index (χ1) is 8.11. The van der Waals surface area contributed by atoms with E-state index in [2.05, 4.69) is 4.57 Å². The van der Waals surface area contributed by atoms with Crippen molar-refractivity contribution in [1.29, 1.82) is 0 Å². The summed E-state index contributed by atoms with van der Waals surface area (Å²) < 4.78 is 7.20. The number of rotatable bonds is 7. The Balaban J connectivity index is 2.72. The molecule has 1 aromatic rings. The monoisotopic (exact) mass is 257 g/mol. The van der Waals surface area contributed by atoms with Gasteiger partial charge in [0, 0.05) is 37.2 Å². The van der Waals surface area contributed by atoms with Gasteiger partial charge in [-0.2, -0.15) is 0 Å². The number of methoxy groups -OCH3 is 1. The molecule has 0 aliphatic rings. The summed E-state index contributed by atoms with van der Waals surface area (Å²) in [5.74, 6) is 0.0523. The molecule has 0 saturated carbocycles. The quantitative estimate of drug-likeness (QED) is 0.427. The number of carbonyl (C=O) groups excluding carboxylic acids is 1. The van der Waals surface area contributed by atoms with E-state index in [1.165, 1.54) is 0 Å². The first kappa shape index (κ1) is 14.3. The number of ether oxygens (including phenoxy) is 1. The van der Waals surface area contributed by atoms with Crippen LogP contribution < -0.4 is 0 Å². The van der Waals surface area contributed by atoms with Crippen molar-refractivity contribution in [2.45, 2.75) is 33.2 Å². The Morgan fingerprint density at radius 1 is 1.41 bits per heavy atom. The van der Waals surface area contributed by atoms with Gasteiger partial charge in [0.15, 0.2) is 5.78 Å². The van der Waals surface area contributed by atoms with Gasteiger partial charge in [-0.15, -0.1) is 11.6 Å². The molecule has 0 aromatic carbocycles. The number of unbranched alkanes of at least 4 members (excludes halogenated alkanes) is 1. The summed E-state index contributed by atoms with van der Waals surface area (Å²) in [6, 6.07) is 1.93. The van der Waals surface area contributed by atoms with Crippen LogP contribution in [0.25, 0.3) is 0 Å². The largest absolute Gasteiger partial charge is 0.385 e. The molecule has 0 atom stereocenters. The van der Waals surface area contributed by atoms with Gasteiger partial charge in [0.25, 0.3) is 0 Å². The summed E-state index contributed by atoms with van der Waals surface area (Å²) in [4.78, 5) is 11.6. The molecule has 1 rings (SSSR count). The fourth-order valence-corrected chi connectivity index (χ4v) is 2.16. The number of hydrogen-bond donors (Lipinski definition) is 0. The Kier molecular flexibility index (Phi) is 5.72. The van der Waals surface area contributed by atoms with Gasteiger partial charge in [-0.3, -0.25) is 4.79 Å². The van der Waals surface area contributed by atoms with Crippen LogP contribution in [0.15, 0.2) is 6.07 Å². The number of aromatic nitrogens is 1. The molecule has 0 saturated heterocycles. The predicted octanol–water partition coefficient (Wildman–Crippen LogP) is 2.95. The van der Waals surface area contributed by atoms with Crippen LogP contribution >= 0.6 is 11.6 Å². The molecule has 0 bridgehead atoms. The zero-order valence-corrected chi connectivity index (χ0v) is 11.5. The summed E-state index contributed by atoms with van der Waals surface area (Å²) in [6.45, 7) is 5.71. The van der Waals surface area contributed by atoms with Crippen LogP contribution in [-0.4, -0.2) is 29.9 Å². The number of halogens is 1. The molecule has 0 unspecified atom stereocenters. The summed E-state index contributed by atoms with van der Waals surface area (Å²) >= 11 is 5.59. The highest BCUT2D eigenvalue weighted by molar-refractivity contribution is 6.30. The first-order valence-corrected chi connectivity index (χ1v) is 6.40. The molecule has 0 amide bonds. The van der Waals surface area contributed by atoms with Gasteiger partial charge in [0.2, 0.25) is 0 Å². The molecule has 0 N–H and O–H groups in total. The summed E-state index contributed by atoms with van der Waals surface area (Å²) in [5.41, 5.74) is 2.89. The second-order valence-electron chi connectivity index (χ2n) is 4.19. The summed E-state index contributed by atoms with van der Waals surface area (Å²) in [7, 11) is 1.71. The van der Waals surface area contributed by atoms with Gasteiger partial charge >= 0.3 is 0 Å². The lowest BCUT2D eigenvalue weighted by atomic mass is 10.2. The Bertz CT molecular complexity index is 385. The molecule has 3 nitrogen and oxygen atoms in total. The molecular formula is C13H20ClNO2. The van der Waals surface area contributed by atoms with Crippen molar-refractivity contribution < 1.29 is 9.53 Å². The molecule has 0 aliphatic heterocycles. The topological polar surface area (TPSA) is 31.2 Å². The highest BCUT2D eigenvalue weighted by Crippen LogP contribution is 2.17. The molecule has 17 heavy (non-hydrogen) atoms. The van der Waals surface area contributed by atoms with Gasteiger partial charge in [-0.1, -0.05) is 0 Å². The van der Waals surface area contributed by atoms with Gasteiger partial charge in [-0.05, 0) is 32.8 Å². The van der Waals surface area contributed by atoms with Crippen LogP contribution in [-0.2, 0) is 11.3 Å². The minimum Gasteiger partial charge on any atom is -0.385 e. The average molecular weight is 258 g/mol. The zero-order valence-electron chi connectivity index (χ0n) is 10.8. The van der Waals surface area contributed by atoms with Gasteiger partial charge in [-0.25, -0.2) is 0 Å². The Morgan fingerprint density at radius 2 is 2.12 bits per heavy atom. The molecule has 1 heterocycles. The molecule has 0 fully saturated rings. The number of ketones is 1. The van der Waals surface area contributed by atoms with E-state index in [9.17, 15) is 4.79 Å². The Morgan fingerprint density at radius 3 is 2.71 bits per heavy atom. The Hall–Kier alpha value is -0.800. The number of hydrogen-bond acceptors (Lipinski definition) is 2. The third kappa shape index (κ3) is 3.58. The van der Waals surface area contributed by atoms with E-state index in [1.54, 1.807) is 7.11 Å². The number of aryl methyl sites for hydroxylation is 1. The first-order valence-electron chi connectivity index (χ1n) is 5.86. The maximum Gasteiger partial charge on any atom is 0.179 e. The smallest absolute Gasteiger partial charge is 0.179 e. The minimum absolute atomic E-state index is 0.00269. The normalized spacial score (nSPS) is 10.8. The molecular weight excluding hydrogens is 238 g/mol. The third-order valence-electron chi connectivity index (χ3n) is 2.98. The Labute approximate surface area is 108 Å². The SMILES string of the molecule is COCCCCn1c(C)cc(C(=O)CCl)c1C.